The van der Waals surface area contributed by atoms with Crippen LogP contribution in [-0.4, -0.2) is 54.8 Å². The van der Waals surface area contributed by atoms with Crippen molar-refractivity contribution in [3.8, 4) is 0 Å². The zero-order valence-electron chi connectivity index (χ0n) is 15.5. The quantitative estimate of drug-likeness (QED) is 0.187. The highest BCUT2D eigenvalue weighted by Gasteiger charge is 2.46. The van der Waals surface area contributed by atoms with Crippen molar-refractivity contribution in [2.45, 2.75) is 59.2 Å². The van der Waals surface area contributed by atoms with Crippen LogP contribution in [0.5, 0.6) is 0 Å². The summed E-state index contributed by atoms with van der Waals surface area (Å²) in [7, 11) is -4.85. The monoisotopic (exact) mass is 478 g/mol. The molecule has 0 spiro atoms. The van der Waals surface area contributed by atoms with Gasteiger partial charge in [0.2, 0.25) is 0 Å². The van der Waals surface area contributed by atoms with Gasteiger partial charge in [0.25, 0.3) is 0 Å². The molecule has 0 heterocycles. The molecule has 0 bridgehead atoms. The molecule has 0 amide bonds. The van der Waals surface area contributed by atoms with Gasteiger partial charge in [-0.3, -0.25) is 0 Å². The zero-order valence-corrected chi connectivity index (χ0v) is 19.6. The van der Waals surface area contributed by atoms with E-state index in [9.17, 15) is 0 Å². The number of halogens is 1. The van der Waals surface area contributed by atoms with Crippen LogP contribution < -0.4 is 0 Å². The summed E-state index contributed by atoms with van der Waals surface area (Å²) in [6.45, 7) is 13.3. The highest BCUT2D eigenvalue weighted by Crippen LogP contribution is 2.29. The van der Waals surface area contributed by atoms with Crippen LogP contribution in [0.25, 0.3) is 0 Å². The van der Waals surface area contributed by atoms with E-state index in [1.165, 1.54) is 0 Å². The van der Waals surface area contributed by atoms with Crippen molar-refractivity contribution < 1.29 is 22.1 Å². The maximum atomic E-state index is 6.17. The van der Waals surface area contributed by atoms with Gasteiger partial charge in [-0.05, 0) is 57.6 Å². The maximum Gasteiger partial charge on any atom is 0.500 e. The van der Waals surface area contributed by atoms with Gasteiger partial charge in [0.15, 0.2) is 0 Å². The zero-order chi connectivity index (χ0) is 17.6. The summed E-state index contributed by atoms with van der Waals surface area (Å²) >= 11 is 2.41. The molecule has 140 valence electrons. The minimum Gasteiger partial charge on any atom is -0.394 e. The highest BCUT2D eigenvalue weighted by atomic mass is 127. The van der Waals surface area contributed by atoms with Gasteiger partial charge in [0, 0.05) is 39.1 Å². The van der Waals surface area contributed by atoms with Crippen molar-refractivity contribution in [3.63, 3.8) is 0 Å². The Morgan fingerprint density at radius 2 is 1.04 bits per heavy atom. The molecule has 0 aliphatic heterocycles. The van der Waals surface area contributed by atoms with Crippen molar-refractivity contribution in [2.75, 3.05) is 37.5 Å². The third-order valence-electron chi connectivity index (χ3n) is 3.41. The first-order chi connectivity index (χ1) is 11.1. The van der Waals surface area contributed by atoms with E-state index in [0.717, 1.165) is 29.0 Å². The molecular weight excluding hydrogens is 443 g/mol. The van der Waals surface area contributed by atoms with E-state index in [4.69, 9.17) is 22.1 Å². The molecular formula is C15H35IO5Si2. The lowest BCUT2D eigenvalue weighted by molar-refractivity contribution is 0.0711. The van der Waals surface area contributed by atoms with E-state index in [0.29, 0.717) is 33.0 Å². The predicted octanol–water partition coefficient (Wildman–Crippen LogP) is 4.38. The van der Waals surface area contributed by atoms with Crippen molar-refractivity contribution in [3.05, 3.63) is 0 Å². The van der Waals surface area contributed by atoms with Gasteiger partial charge < -0.3 is 22.1 Å². The molecule has 0 aliphatic carbocycles. The minimum atomic E-state index is -2.63. The fraction of sp³-hybridized carbons (Fsp3) is 1.00. The molecule has 5 nitrogen and oxygen atoms in total. The predicted molar refractivity (Wildman–Crippen MR) is 108 cm³/mol. The molecule has 0 rings (SSSR count). The van der Waals surface area contributed by atoms with Crippen LogP contribution in [0.2, 0.25) is 18.1 Å². The summed E-state index contributed by atoms with van der Waals surface area (Å²) in [4.78, 5) is 0. The molecule has 0 atom stereocenters. The Kier molecular flexibility index (Phi) is 14.8. The molecule has 0 aromatic rings. The average molecular weight is 479 g/mol. The first-order valence-electron chi connectivity index (χ1n) is 8.83. The lowest BCUT2D eigenvalue weighted by atomic mass is 10.6. The Labute approximate surface area is 158 Å². The first-order valence-corrected chi connectivity index (χ1v) is 14.5. The van der Waals surface area contributed by atoms with E-state index < -0.39 is 17.4 Å². The van der Waals surface area contributed by atoms with Crippen molar-refractivity contribution in [2.24, 2.45) is 0 Å². The third kappa shape index (κ3) is 9.29. The smallest absolute Gasteiger partial charge is 0.394 e. The molecule has 0 aromatic heterocycles. The molecule has 8 heteroatoms. The summed E-state index contributed by atoms with van der Waals surface area (Å²) in [6.07, 6.45) is 1.12. The largest absolute Gasteiger partial charge is 0.500 e. The summed E-state index contributed by atoms with van der Waals surface area (Å²) in [5, 5.41) is 0. The lowest BCUT2D eigenvalue weighted by Crippen LogP contribution is -2.50. The van der Waals surface area contributed by atoms with Crippen LogP contribution in [0, 0.1) is 0 Å². The Bertz CT molecular complexity index is 262. The average Bonchev–Trinajstić information content (AvgIpc) is 2.52. The van der Waals surface area contributed by atoms with E-state index in [1.807, 2.05) is 34.6 Å². The number of hydrogen-bond acceptors (Lipinski definition) is 5. The van der Waals surface area contributed by atoms with E-state index in [2.05, 4.69) is 22.6 Å². The fourth-order valence-corrected chi connectivity index (χ4v) is 11.2. The SMILES string of the molecule is CCO[Si](CCCI)(CC[Si](OCC)(OCC)OCC)OCC. The highest BCUT2D eigenvalue weighted by molar-refractivity contribution is 14.1. The molecule has 0 radical (unpaired) electrons. The van der Waals surface area contributed by atoms with Gasteiger partial charge in [-0.1, -0.05) is 22.6 Å². The van der Waals surface area contributed by atoms with Gasteiger partial charge in [-0.25, -0.2) is 0 Å². The summed E-state index contributed by atoms with van der Waals surface area (Å²) < 4.78 is 31.4. The Morgan fingerprint density at radius 1 is 0.609 bits per heavy atom. The van der Waals surface area contributed by atoms with Crippen molar-refractivity contribution in [1.82, 2.24) is 0 Å². The molecule has 0 saturated carbocycles. The summed E-state index contributed by atoms with van der Waals surface area (Å²) in [5.74, 6) is 0. The van der Waals surface area contributed by atoms with Crippen LogP contribution in [0.3, 0.4) is 0 Å². The Hall–Kier alpha value is 0.964. The van der Waals surface area contributed by atoms with Crippen LogP contribution in [0.15, 0.2) is 0 Å². The van der Waals surface area contributed by atoms with Crippen LogP contribution in [-0.2, 0) is 22.1 Å². The summed E-state index contributed by atoms with van der Waals surface area (Å²) in [6, 6.07) is 2.67. The number of alkyl halides is 1. The van der Waals surface area contributed by atoms with Crippen molar-refractivity contribution in [1.29, 1.82) is 0 Å². The second-order valence-corrected chi connectivity index (χ2v) is 12.3. The van der Waals surface area contributed by atoms with Gasteiger partial charge in [0.05, 0.1) is 0 Å². The van der Waals surface area contributed by atoms with Gasteiger partial charge >= 0.3 is 17.4 Å². The minimum absolute atomic E-state index is 0.609. The first kappa shape index (κ1) is 24.0. The second-order valence-electron chi connectivity index (χ2n) is 5.05. The molecule has 0 aromatic carbocycles. The van der Waals surface area contributed by atoms with E-state index >= 15 is 0 Å². The Balaban J connectivity index is 5.09. The van der Waals surface area contributed by atoms with E-state index in [-0.39, 0.29) is 0 Å². The third-order valence-corrected chi connectivity index (χ3v) is 11.5. The molecule has 0 N–H and O–H groups in total. The molecule has 0 saturated heterocycles. The molecule has 0 unspecified atom stereocenters. The van der Waals surface area contributed by atoms with Crippen molar-refractivity contribution >= 4 is 40.0 Å². The fourth-order valence-electron chi connectivity index (χ4n) is 2.66. The number of rotatable bonds is 16. The van der Waals surface area contributed by atoms with Crippen LogP contribution in [0.1, 0.15) is 41.0 Å². The molecule has 0 fully saturated rings. The summed E-state index contributed by atoms with van der Waals surface area (Å²) in [5.41, 5.74) is 0. The van der Waals surface area contributed by atoms with Gasteiger partial charge in [-0.15, -0.1) is 0 Å². The van der Waals surface area contributed by atoms with Crippen LogP contribution >= 0.6 is 22.6 Å². The van der Waals surface area contributed by atoms with Gasteiger partial charge in [0.1, 0.15) is 0 Å². The maximum absolute atomic E-state index is 6.17. The van der Waals surface area contributed by atoms with Gasteiger partial charge in [-0.2, -0.15) is 0 Å². The number of hydrogen-bond donors (Lipinski definition) is 0. The molecule has 0 aliphatic rings. The normalized spacial score (nSPS) is 12.8. The van der Waals surface area contributed by atoms with E-state index in [1.54, 1.807) is 0 Å². The molecule has 23 heavy (non-hydrogen) atoms. The Morgan fingerprint density at radius 3 is 1.39 bits per heavy atom. The topological polar surface area (TPSA) is 46.2 Å². The lowest BCUT2D eigenvalue weighted by Gasteiger charge is -2.34. The van der Waals surface area contributed by atoms with Crippen LogP contribution in [0.4, 0.5) is 0 Å². The second kappa shape index (κ2) is 14.2. The standard InChI is InChI=1S/C15H35IO5Si2/c1-6-17-22(18-7-2,13-11-12-16)14-15-23(19-8-3,20-9-4)21-10-5/h6-15H2,1-5H3.